The summed E-state index contributed by atoms with van der Waals surface area (Å²) >= 11 is 0. The zero-order valence-electron chi connectivity index (χ0n) is 12.0. The average Bonchev–Trinajstić information content (AvgIpc) is 2.36. The molecule has 1 aliphatic heterocycles. The Labute approximate surface area is 106 Å². The predicted octanol–water partition coefficient (Wildman–Crippen LogP) is 2.40. The summed E-state index contributed by atoms with van der Waals surface area (Å²) in [6, 6.07) is -0.385. The number of likely N-dealkylation sites (tertiary alicyclic amines) is 1. The number of nitrogens with two attached hydrogens (primary N) is 1. The summed E-state index contributed by atoms with van der Waals surface area (Å²) in [7, 11) is 0. The second-order valence-corrected chi connectivity index (χ2v) is 7.19. The van der Waals surface area contributed by atoms with E-state index in [1.165, 1.54) is 6.42 Å². The third-order valence-corrected chi connectivity index (χ3v) is 3.85. The van der Waals surface area contributed by atoms with Crippen molar-refractivity contribution < 1.29 is 4.79 Å². The molecule has 0 radical (unpaired) electrons. The van der Waals surface area contributed by atoms with Crippen LogP contribution in [-0.2, 0) is 4.79 Å². The molecular formula is C14H28N2O. The van der Waals surface area contributed by atoms with Crippen LogP contribution in [0.2, 0.25) is 0 Å². The van der Waals surface area contributed by atoms with Gasteiger partial charge in [-0.25, -0.2) is 0 Å². The van der Waals surface area contributed by atoms with Crippen molar-refractivity contribution in [2.75, 3.05) is 13.1 Å². The molecule has 0 unspecified atom stereocenters. The smallest absolute Gasteiger partial charge is 0.240 e. The quantitative estimate of drug-likeness (QED) is 0.765. The van der Waals surface area contributed by atoms with E-state index in [9.17, 15) is 4.79 Å². The highest BCUT2D eigenvalue weighted by Gasteiger charge is 2.33. The van der Waals surface area contributed by atoms with Crippen LogP contribution in [0.15, 0.2) is 0 Å². The van der Waals surface area contributed by atoms with Crippen molar-refractivity contribution in [3.8, 4) is 0 Å². The summed E-state index contributed by atoms with van der Waals surface area (Å²) in [5.74, 6) is 0.121. The third-order valence-electron chi connectivity index (χ3n) is 3.85. The molecule has 1 fully saturated rings. The first-order chi connectivity index (χ1) is 7.63. The predicted molar refractivity (Wildman–Crippen MR) is 71.6 cm³/mol. The Morgan fingerprint density at radius 2 is 1.82 bits per heavy atom. The van der Waals surface area contributed by atoms with Gasteiger partial charge >= 0.3 is 0 Å². The van der Waals surface area contributed by atoms with E-state index in [1.807, 2.05) is 25.7 Å². The Balaban J connectivity index is 2.65. The minimum atomic E-state index is -0.385. The molecule has 1 atom stereocenters. The van der Waals surface area contributed by atoms with E-state index in [1.54, 1.807) is 0 Å². The summed E-state index contributed by atoms with van der Waals surface area (Å²) in [5.41, 5.74) is 6.26. The highest BCUT2D eigenvalue weighted by Crippen LogP contribution is 2.30. The van der Waals surface area contributed by atoms with E-state index in [-0.39, 0.29) is 17.4 Å². The maximum Gasteiger partial charge on any atom is 0.240 e. The van der Waals surface area contributed by atoms with Crippen LogP contribution in [0.1, 0.15) is 53.9 Å². The SMILES string of the molecule is CC1(C)CCCN(C(=O)[C@H](N)C(C)(C)C)CC1. The molecule has 0 spiro atoms. The summed E-state index contributed by atoms with van der Waals surface area (Å²) < 4.78 is 0. The van der Waals surface area contributed by atoms with Gasteiger partial charge in [-0.1, -0.05) is 34.6 Å². The zero-order valence-corrected chi connectivity index (χ0v) is 12.0. The van der Waals surface area contributed by atoms with Crippen LogP contribution in [-0.4, -0.2) is 29.9 Å². The van der Waals surface area contributed by atoms with Crippen LogP contribution in [0.4, 0.5) is 0 Å². The molecular weight excluding hydrogens is 212 g/mol. The van der Waals surface area contributed by atoms with Gasteiger partial charge in [0.15, 0.2) is 0 Å². The molecule has 3 heteroatoms. The molecule has 1 heterocycles. The Bertz CT molecular complexity index is 278. The Hall–Kier alpha value is -0.570. The van der Waals surface area contributed by atoms with Crippen LogP contribution in [0.5, 0.6) is 0 Å². The van der Waals surface area contributed by atoms with E-state index >= 15 is 0 Å². The number of amides is 1. The van der Waals surface area contributed by atoms with Crippen LogP contribution in [0.25, 0.3) is 0 Å². The van der Waals surface area contributed by atoms with Gasteiger partial charge in [0.1, 0.15) is 0 Å². The molecule has 0 aromatic carbocycles. The summed E-state index contributed by atoms with van der Waals surface area (Å²) in [6.45, 7) is 12.4. The molecule has 0 saturated carbocycles. The second-order valence-electron chi connectivity index (χ2n) is 7.19. The molecule has 0 aromatic heterocycles. The summed E-state index contributed by atoms with van der Waals surface area (Å²) in [4.78, 5) is 14.3. The van der Waals surface area contributed by atoms with Gasteiger partial charge in [-0.05, 0) is 30.1 Å². The third kappa shape index (κ3) is 3.98. The van der Waals surface area contributed by atoms with Crippen molar-refractivity contribution in [3.63, 3.8) is 0 Å². The van der Waals surface area contributed by atoms with Crippen LogP contribution in [0, 0.1) is 10.8 Å². The van der Waals surface area contributed by atoms with Crippen molar-refractivity contribution in [2.45, 2.75) is 59.9 Å². The zero-order chi connectivity index (χ0) is 13.3. The van der Waals surface area contributed by atoms with Gasteiger partial charge in [-0.3, -0.25) is 4.79 Å². The van der Waals surface area contributed by atoms with Crippen LogP contribution < -0.4 is 5.73 Å². The van der Waals surface area contributed by atoms with E-state index in [2.05, 4.69) is 13.8 Å². The van der Waals surface area contributed by atoms with E-state index in [4.69, 9.17) is 5.73 Å². The maximum atomic E-state index is 12.3. The Kier molecular flexibility index (Phi) is 4.23. The maximum absolute atomic E-state index is 12.3. The molecule has 2 N–H and O–H groups in total. The molecule has 1 aliphatic rings. The van der Waals surface area contributed by atoms with Gasteiger partial charge in [0.25, 0.3) is 0 Å². The molecule has 0 bridgehead atoms. The molecule has 3 nitrogen and oxygen atoms in total. The Morgan fingerprint density at radius 3 is 2.35 bits per heavy atom. The lowest BCUT2D eigenvalue weighted by molar-refractivity contribution is -0.134. The first-order valence-electron chi connectivity index (χ1n) is 6.68. The van der Waals surface area contributed by atoms with E-state index in [0.717, 1.165) is 25.9 Å². The van der Waals surface area contributed by atoms with E-state index in [0.29, 0.717) is 5.41 Å². The number of nitrogens with zero attached hydrogens (tertiary/aromatic N) is 1. The molecule has 17 heavy (non-hydrogen) atoms. The van der Waals surface area contributed by atoms with Crippen LogP contribution >= 0.6 is 0 Å². The lowest BCUT2D eigenvalue weighted by Gasteiger charge is -2.31. The average molecular weight is 240 g/mol. The molecule has 1 rings (SSSR count). The first-order valence-corrected chi connectivity index (χ1v) is 6.68. The van der Waals surface area contributed by atoms with Gasteiger partial charge < -0.3 is 10.6 Å². The largest absolute Gasteiger partial charge is 0.341 e. The first kappa shape index (κ1) is 14.5. The van der Waals surface area contributed by atoms with Crippen molar-refractivity contribution in [1.82, 2.24) is 4.90 Å². The number of carbonyl (C=O) groups is 1. The van der Waals surface area contributed by atoms with Gasteiger partial charge in [0, 0.05) is 13.1 Å². The molecule has 0 aliphatic carbocycles. The van der Waals surface area contributed by atoms with Gasteiger partial charge in [0.2, 0.25) is 5.91 Å². The summed E-state index contributed by atoms with van der Waals surface area (Å²) in [6.07, 6.45) is 3.37. The van der Waals surface area contributed by atoms with Crippen molar-refractivity contribution >= 4 is 5.91 Å². The number of rotatable bonds is 1. The van der Waals surface area contributed by atoms with Crippen LogP contribution in [0.3, 0.4) is 0 Å². The van der Waals surface area contributed by atoms with E-state index < -0.39 is 0 Å². The van der Waals surface area contributed by atoms with Gasteiger partial charge in [-0.15, -0.1) is 0 Å². The number of hydrogen-bond donors (Lipinski definition) is 1. The molecule has 0 aromatic rings. The summed E-state index contributed by atoms with van der Waals surface area (Å²) in [5, 5.41) is 0. The lowest BCUT2D eigenvalue weighted by atomic mass is 9.85. The molecule has 1 amide bonds. The standard InChI is InChI=1S/C14H28N2O/c1-13(2,3)11(15)12(17)16-9-6-7-14(4,5)8-10-16/h11H,6-10,15H2,1-5H3/t11-/m0/s1. The molecule has 1 saturated heterocycles. The highest BCUT2D eigenvalue weighted by atomic mass is 16.2. The topological polar surface area (TPSA) is 46.3 Å². The lowest BCUT2D eigenvalue weighted by Crippen LogP contribution is -2.50. The fraction of sp³-hybridized carbons (Fsp3) is 0.929. The van der Waals surface area contributed by atoms with Gasteiger partial charge in [-0.2, -0.15) is 0 Å². The molecule has 100 valence electrons. The van der Waals surface area contributed by atoms with Crippen molar-refractivity contribution in [3.05, 3.63) is 0 Å². The highest BCUT2D eigenvalue weighted by molar-refractivity contribution is 5.82. The van der Waals surface area contributed by atoms with Crippen molar-refractivity contribution in [1.29, 1.82) is 0 Å². The monoisotopic (exact) mass is 240 g/mol. The van der Waals surface area contributed by atoms with Gasteiger partial charge in [0.05, 0.1) is 6.04 Å². The second kappa shape index (κ2) is 4.97. The fourth-order valence-corrected chi connectivity index (χ4v) is 2.21. The Morgan fingerprint density at radius 1 is 1.24 bits per heavy atom. The normalized spacial score (nSPS) is 23.1. The van der Waals surface area contributed by atoms with Crippen molar-refractivity contribution in [2.24, 2.45) is 16.6 Å². The fourth-order valence-electron chi connectivity index (χ4n) is 2.21. The number of hydrogen-bond acceptors (Lipinski definition) is 2. The number of carbonyl (C=O) groups excluding carboxylic acids is 1. The minimum absolute atomic E-state index is 0.121. The minimum Gasteiger partial charge on any atom is -0.341 e.